The smallest absolute Gasteiger partial charge is 0.203 e. The standard InChI is InChI=1S/C19H23NO3/c1-21-17-10-14-9-15(13-7-5-4-6-8-13)11-20-12-16(14)18(22-2)19(17)23-3/h4-8,10,15,20H,9,11-12H2,1-3H3. The fourth-order valence-corrected chi connectivity index (χ4v) is 3.31. The summed E-state index contributed by atoms with van der Waals surface area (Å²) in [6.45, 7) is 1.70. The Morgan fingerprint density at radius 1 is 0.957 bits per heavy atom. The van der Waals surface area contributed by atoms with Gasteiger partial charge >= 0.3 is 0 Å². The molecular formula is C19H23NO3. The highest BCUT2D eigenvalue weighted by molar-refractivity contribution is 5.59. The molecule has 1 unspecified atom stereocenters. The average Bonchev–Trinajstić information content (AvgIpc) is 2.82. The van der Waals surface area contributed by atoms with Crippen molar-refractivity contribution < 1.29 is 14.2 Å². The molecule has 2 aromatic carbocycles. The molecular weight excluding hydrogens is 290 g/mol. The first-order valence-electron chi connectivity index (χ1n) is 7.84. The van der Waals surface area contributed by atoms with Gasteiger partial charge in [-0.05, 0) is 23.6 Å². The minimum absolute atomic E-state index is 0.431. The van der Waals surface area contributed by atoms with Gasteiger partial charge in [0, 0.05) is 24.6 Å². The molecule has 23 heavy (non-hydrogen) atoms. The fraction of sp³-hybridized carbons (Fsp3) is 0.368. The zero-order valence-corrected chi connectivity index (χ0v) is 13.9. The Morgan fingerprint density at radius 3 is 2.35 bits per heavy atom. The molecule has 1 aliphatic heterocycles. The molecule has 1 heterocycles. The molecule has 0 spiro atoms. The first kappa shape index (κ1) is 15.7. The summed E-state index contributed by atoms with van der Waals surface area (Å²) in [7, 11) is 4.98. The lowest BCUT2D eigenvalue weighted by molar-refractivity contribution is 0.321. The Hall–Kier alpha value is -2.20. The van der Waals surface area contributed by atoms with Crippen molar-refractivity contribution in [2.24, 2.45) is 0 Å². The van der Waals surface area contributed by atoms with E-state index < -0.39 is 0 Å². The number of ether oxygens (including phenoxy) is 3. The van der Waals surface area contributed by atoms with Crippen LogP contribution in [0.25, 0.3) is 0 Å². The predicted octanol–water partition coefficient (Wildman–Crippen LogP) is 3.14. The molecule has 122 valence electrons. The maximum Gasteiger partial charge on any atom is 0.203 e. The molecule has 1 aliphatic rings. The minimum atomic E-state index is 0.431. The predicted molar refractivity (Wildman–Crippen MR) is 90.7 cm³/mol. The molecule has 4 nitrogen and oxygen atoms in total. The van der Waals surface area contributed by atoms with Gasteiger partial charge in [0.25, 0.3) is 0 Å². The number of nitrogens with one attached hydrogen (secondary N) is 1. The van der Waals surface area contributed by atoms with Crippen LogP contribution in [0.4, 0.5) is 0 Å². The summed E-state index contributed by atoms with van der Waals surface area (Å²) in [6, 6.07) is 12.7. The molecule has 0 saturated carbocycles. The third-order valence-electron chi connectivity index (χ3n) is 4.46. The van der Waals surface area contributed by atoms with Crippen molar-refractivity contribution in [1.82, 2.24) is 5.32 Å². The second-order valence-electron chi connectivity index (χ2n) is 5.73. The topological polar surface area (TPSA) is 39.7 Å². The van der Waals surface area contributed by atoms with Crippen LogP contribution in [0.2, 0.25) is 0 Å². The van der Waals surface area contributed by atoms with Crippen molar-refractivity contribution in [3.8, 4) is 17.2 Å². The van der Waals surface area contributed by atoms with Gasteiger partial charge in [0.05, 0.1) is 21.3 Å². The maximum absolute atomic E-state index is 5.63. The third kappa shape index (κ3) is 2.99. The van der Waals surface area contributed by atoms with Gasteiger partial charge in [0.1, 0.15) is 0 Å². The first-order valence-corrected chi connectivity index (χ1v) is 7.84. The van der Waals surface area contributed by atoms with Crippen molar-refractivity contribution in [2.45, 2.75) is 18.9 Å². The van der Waals surface area contributed by atoms with Crippen LogP contribution in [-0.2, 0) is 13.0 Å². The molecule has 2 aromatic rings. The summed E-state index contributed by atoms with van der Waals surface area (Å²) in [5.41, 5.74) is 3.75. The molecule has 1 N–H and O–H groups in total. The highest BCUT2D eigenvalue weighted by Crippen LogP contribution is 2.43. The van der Waals surface area contributed by atoms with Crippen molar-refractivity contribution in [1.29, 1.82) is 0 Å². The SMILES string of the molecule is COc1cc2c(c(OC)c1OC)CNCC(c1ccccc1)C2. The van der Waals surface area contributed by atoms with E-state index in [1.165, 1.54) is 11.1 Å². The summed E-state index contributed by atoms with van der Waals surface area (Å²) in [5.74, 6) is 2.58. The Kier molecular flexibility index (Phi) is 4.72. The molecule has 0 fully saturated rings. The summed E-state index contributed by atoms with van der Waals surface area (Å²) >= 11 is 0. The van der Waals surface area contributed by atoms with Crippen molar-refractivity contribution in [3.05, 3.63) is 53.1 Å². The Balaban J connectivity index is 2.04. The van der Waals surface area contributed by atoms with Crippen molar-refractivity contribution in [3.63, 3.8) is 0 Å². The quantitative estimate of drug-likeness (QED) is 0.941. The van der Waals surface area contributed by atoms with Gasteiger partial charge in [0.2, 0.25) is 5.75 Å². The number of hydrogen-bond acceptors (Lipinski definition) is 4. The van der Waals surface area contributed by atoms with Gasteiger partial charge in [-0.2, -0.15) is 0 Å². The van der Waals surface area contributed by atoms with Crippen LogP contribution in [0.1, 0.15) is 22.6 Å². The molecule has 3 rings (SSSR count). The molecule has 0 radical (unpaired) electrons. The lowest BCUT2D eigenvalue weighted by Crippen LogP contribution is -2.19. The average molecular weight is 313 g/mol. The third-order valence-corrected chi connectivity index (χ3v) is 4.46. The van der Waals surface area contributed by atoms with Crippen LogP contribution in [0.5, 0.6) is 17.2 Å². The summed E-state index contributed by atoms with van der Waals surface area (Å²) in [4.78, 5) is 0. The van der Waals surface area contributed by atoms with Crippen LogP contribution in [0, 0.1) is 0 Å². The number of methoxy groups -OCH3 is 3. The monoisotopic (exact) mass is 313 g/mol. The fourth-order valence-electron chi connectivity index (χ4n) is 3.31. The molecule has 0 bridgehead atoms. The van der Waals surface area contributed by atoms with Gasteiger partial charge in [-0.15, -0.1) is 0 Å². The van der Waals surface area contributed by atoms with E-state index >= 15 is 0 Å². The zero-order valence-electron chi connectivity index (χ0n) is 13.9. The lowest BCUT2D eigenvalue weighted by Gasteiger charge is -2.19. The van der Waals surface area contributed by atoms with Gasteiger partial charge in [-0.25, -0.2) is 0 Å². The largest absolute Gasteiger partial charge is 0.493 e. The first-order chi connectivity index (χ1) is 11.3. The van der Waals surface area contributed by atoms with Crippen LogP contribution in [0.3, 0.4) is 0 Å². The second-order valence-corrected chi connectivity index (χ2v) is 5.73. The minimum Gasteiger partial charge on any atom is -0.493 e. The Morgan fingerprint density at radius 2 is 1.70 bits per heavy atom. The van der Waals surface area contributed by atoms with Gasteiger partial charge in [0.15, 0.2) is 11.5 Å². The van der Waals surface area contributed by atoms with Gasteiger partial charge in [-0.3, -0.25) is 0 Å². The summed E-state index contributed by atoms with van der Waals surface area (Å²) < 4.78 is 16.6. The van der Waals surface area contributed by atoms with Crippen LogP contribution in [0.15, 0.2) is 36.4 Å². The lowest BCUT2D eigenvalue weighted by atomic mass is 9.91. The van der Waals surface area contributed by atoms with E-state index in [2.05, 4.69) is 41.7 Å². The Bertz CT molecular complexity index is 670. The van der Waals surface area contributed by atoms with Gasteiger partial charge in [-0.1, -0.05) is 30.3 Å². The van der Waals surface area contributed by atoms with Crippen LogP contribution in [-0.4, -0.2) is 27.9 Å². The van der Waals surface area contributed by atoms with E-state index in [1.807, 2.05) is 0 Å². The van der Waals surface area contributed by atoms with E-state index in [4.69, 9.17) is 14.2 Å². The number of hydrogen-bond donors (Lipinski definition) is 1. The van der Waals surface area contributed by atoms with Crippen LogP contribution >= 0.6 is 0 Å². The number of benzene rings is 2. The molecule has 0 aromatic heterocycles. The van der Waals surface area contributed by atoms with Crippen molar-refractivity contribution >= 4 is 0 Å². The summed E-state index contributed by atoms with van der Waals surface area (Å²) in [5, 5.41) is 3.54. The van der Waals surface area contributed by atoms with E-state index in [0.29, 0.717) is 11.7 Å². The highest BCUT2D eigenvalue weighted by Gasteiger charge is 2.25. The van der Waals surface area contributed by atoms with E-state index in [0.717, 1.165) is 36.6 Å². The van der Waals surface area contributed by atoms with Crippen LogP contribution < -0.4 is 19.5 Å². The van der Waals surface area contributed by atoms with Crippen molar-refractivity contribution in [2.75, 3.05) is 27.9 Å². The second kappa shape index (κ2) is 6.92. The van der Waals surface area contributed by atoms with E-state index in [-0.39, 0.29) is 0 Å². The summed E-state index contributed by atoms with van der Waals surface area (Å²) in [6.07, 6.45) is 0.947. The molecule has 0 aliphatic carbocycles. The highest BCUT2D eigenvalue weighted by atomic mass is 16.5. The number of fused-ring (bicyclic) bond motifs is 1. The van der Waals surface area contributed by atoms with Gasteiger partial charge < -0.3 is 19.5 Å². The zero-order chi connectivity index (χ0) is 16.2. The Labute approximate surface area is 137 Å². The number of rotatable bonds is 4. The molecule has 0 amide bonds. The molecule has 0 saturated heterocycles. The molecule has 1 atom stereocenters. The normalized spacial score (nSPS) is 17.1. The van der Waals surface area contributed by atoms with E-state index in [1.54, 1.807) is 21.3 Å². The van der Waals surface area contributed by atoms with E-state index in [9.17, 15) is 0 Å². The molecule has 4 heteroatoms. The maximum atomic E-state index is 5.63.